The van der Waals surface area contributed by atoms with Crippen LogP contribution in [0.15, 0.2) is 24.4 Å². The quantitative estimate of drug-likeness (QED) is 0.628. The average molecular weight is 252 g/mol. The maximum atomic E-state index is 9.61. The lowest BCUT2D eigenvalue weighted by Gasteiger charge is -2.00. The van der Waals surface area contributed by atoms with Crippen LogP contribution in [0.4, 0.5) is 0 Å². The van der Waals surface area contributed by atoms with Gasteiger partial charge in [-0.1, -0.05) is 11.8 Å². The zero-order chi connectivity index (χ0) is 13.7. The number of fused-ring (bicyclic) bond motifs is 1. The first kappa shape index (κ1) is 13.1. The van der Waals surface area contributed by atoms with Gasteiger partial charge in [0.25, 0.3) is 0 Å². The number of hydrogen-bond acceptors (Lipinski definition) is 2. The van der Waals surface area contributed by atoms with Crippen LogP contribution < -0.4 is 5.32 Å². The van der Waals surface area contributed by atoms with Gasteiger partial charge in [0.1, 0.15) is 5.75 Å². The summed E-state index contributed by atoms with van der Waals surface area (Å²) in [5, 5.41) is 13.8. The second kappa shape index (κ2) is 6.00. The molecule has 0 aliphatic carbocycles. The summed E-state index contributed by atoms with van der Waals surface area (Å²) in [5.74, 6) is 5.45. The highest BCUT2D eigenvalue weighted by atomic mass is 16.3. The minimum Gasteiger partial charge on any atom is -0.508 e. The molecule has 19 heavy (non-hydrogen) atoms. The van der Waals surface area contributed by atoms with E-state index in [1.807, 2.05) is 16.8 Å². The maximum Gasteiger partial charge on any atom is 0.116 e. The zero-order valence-corrected chi connectivity index (χ0v) is 10.7. The van der Waals surface area contributed by atoms with Gasteiger partial charge in [-0.2, -0.15) is 0 Å². The molecule has 3 heteroatoms. The van der Waals surface area contributed by atoms with Crippen LogP contribution in [0.1, 0.15) is 5.56 Å². The maximum absolute atomic E-state index is 9.61. The molecule has 0 unspecified atom stereocenters. The van der Waals surface area contributed by atoms with Crippen molar-refractivity contribution in [3.8, 4) is 30.4 Å². The molecule has 3 nitrogen and oxygen atoms in total. The monoisotopic (exact) mass is 252 g/mol. The van der Waals surface area contributed by atoms with Gasteiger partial charge < -0.3 is 15.0 Å². The molecule has 0 radical (unpaired) electrons. The van der Waals surface area contributed by atoms with Crippen molar-refractivity contribution in [2.24, 2.45) is 0 Å². The first-order valence-electron chi connectivity index (χ1n) is 6.14. The fourth-order valence-electron chi connectivity index (χ4n) is 2.17. The van der Waals surface area contributed by atoms with Crippen molar-refractivity contribution >= 4 is 10.9 Å². The van der Waals surface area contributed by atoms with E-state index in [1.165, 1.54) is 0 Å². The highest BCUT2D eigenvalue weighted by Gasteiger charge is 2.08. The Bertz CT molecular complexity index is 656. The van der Waals surface area contributed by atoms with Gasteiger partial charge in [-0.15, -0.1) is 12.8 Å². The van der Waals surface area contributed by atoms with Crippen molar-refractivity contribution in [3.05, 3.63) is 30.0 Å². The number of nitrogens with zero attached hydrogens (tertiary/aromatic N) is 1. The van der Waals surface area contributed by atoms with Crippen LogP contribution in [0.5, 0.6) is 5.75 Å². The van der Waals surface area contributed by atoms with Crippen LogP contribution in [-0.2, 0) is 13.0 Å². The normalized spacial score (nSPS) is 10.2. The fraction of sp³-hybridized carbons (Fsp3) is 0.250. The molecule has 0 amide bonds. The standard InChI is InChI=1S/C16H16N2O/c1-3-8-17-9-7-13-12-18(10-4-2)16-6-5-14(19)11-15(13)16/h1-2,5-6,11-12,17,19H,7-10H2. The Hall–Kier alpha value is -2.36. The molecule has 0 atom stereocenters. The van der Waals surface area contributed by atoms with Gasteiger partial charge in [-0.25, -0.2) is 0 Å². The third kappa shape index (κ3) is 2.91. The number of benzene rings is 1. The van der Waals surface area contributed by atoms with Crippen LogP contribution in [0, 0.1) is 24.7 Å². The molecule has 2 rings (SSSR count). The summed E-state index contributed by atoms with van der Waals surface area (Å²) in [6, 6.07) is 5.34. The van der Waals surface area contributed by atoms with Gasteiger partial charge >= 0.3 is 0 Å². The summed E-state index contributed by atoms with van der Waals surface area (Å²) in [6.07, 6.45) is 13.5. The summed E-state index contributed by atoms with van der Waals surface area (Å²) in [5.41, 5.74) is 2.20. The van der Waals surface area contributed by atoms with E-state index in [4.69, 9.17) is 12.8 Å². The number of aromatic hydroxyl groups is 1. The van der Waals surface area contributed by atoms with E-state index in [9.17, 15) is 5.11 Å². The largest absolute Gasteiger partial charge is 0.508 e. The molecule has 0 saturated heterocycles. The molecule has 1 heterocycles. The van der Waals surface area contributed by atoms with E-state index in [0.29, 0.717) is 13.1 Å². The molecule has 96 valence electrons. The highest BCUT2D eigenvalue weighted by molar-refractivity contribution is 5.85. The zero-order valence-electron chi connectivity index (χ0n) is 10.7. The van der Waals surface area contributed by atoms with Crippen LogP contribution >= 0.6 is 0 Å². The van der Waals surface area contributed by atoms with E-state index >= 15 is 0 Å². The van der Waals surface area contributed by atoms with Crippen LogP contribution in [-0.4, -0.2) is 22.8 Å². The predicted octanol–water partition coefficient (Wildman–Crippen LogP) is 1.75. The minimum absolute atomic E-state index is 0.267. The van der Waals surface area contributed by atoms with Crippen LogP contribution in [0.3, 0.4) is 0 Å². The van der Waals surface area contributed by atoms with E-state index in [2.05, 4.69) is 17.2 Å². The molecule has 2 N–H and O–H groups in total. The fourth-order valence-corrected chi connectivity index (χ4v) is 2.17. The van der Waals surface area contributed by atoms with Crippen LogP contribution in [0.2, 0.25) is 0 Å². The van der Waals surface area contributed by atoms with Crippen molar-refractivity contribution in [1.82, 2.24) is 9.88 Å². The summed E-state index contributed by atoms with van der Waals surface area (Å²) in [6.45, 7) is 1.89. The van der Waals surface area contributed by atoms with Crippen molar-refractivity contribution < 1.29 is 5.11 Å². The molecule has 0 spiro atoms. The summed E-state index contributed by atoms with van der Waals surface area (Å²) >= 11 is 0. The first-order valence-corrected chi connectivity index (χ1v) is 6.14. The number of nitrogens with one attached hydrogen (secondary N) is 1. The number of rotatable bonds is 5. The van der Waals surface area contributed by atoms with E-state index in [0.717, 1.165) is 29.4 Å². The number of terminal acetylenes is 2. The topological polar surface area (TPSA) is 37.2 Å². The third-order valence-corrected chi connectivity index (χ3v) is 3.01. The number of phenolic OH excluding ortho intramolecular Hbond substituents is 1. The van der Waals surface area contributed by atoms with Gasteiger partial charge in [-0.3, -0.25) is 0 Å². The molecule has 0 aliphatic rings. The lowest BCUT2D eigenvalue weighted by molar-refractivity contribution is 0.476. The molecule has 0 fully saturated rings. The van der Waals surface area contributed by atoms with Crippen molar-refractivity contribution in [3.63, 3.8) is 0 Å². The molecule has 2 aromatic rings. The highest BCUT2D eigenvalue weighted by Crippen LogP contribution is 2.25. The van der Waals surface area contributed by atoms with Gasteiger partial charge in [0.15, 0.2) is 0 Å². The molecule has 1 aromatic heterocycles. The van der Waals surface area contributed by atoms with E-state index in [-0.39, 0.29) is 5.75 Å². The Labute approximate surface area is 113 Å². The van der Waals surface area contributed by atoms with Crippen molar-refractivity contribution in [2.45, 2.75) is 13.0 Å². The van der Waals surface area contributed by atoms with Crippen LogP contribution in [0.25, 0.3) is 10.9 Å². The minimum atomic E-state index is 0.267. The second-order valence-electron chi connectivity index (χ2n) is 4.32. The number of aromatic nitrogens is 1. The van der Waals surface area contributed by atoms with Gasteiger partial charge in [0.2, 0.25) is 0 Å². The summed E-state index contributed by atoms with van der Waals surface area (Å²) in [4.78, 5) is 0. The predicted molar refractivity (Wildman–Crippen MR) is 77.8 cm³/mol. The lowest BCUT2D eigenvalue weighted by Crippen LogP contribution is -2.16. The Morgan fingerprint density at radius 3 is 2.84 bits per heavy atom. The summed E-state index contributed by atoms with van der Waals surface area (Å²) in [7, 11) is 0. The van der Waals surface area contributed by atoms with E-state index < -0.39 is 0 Å². The Morgan fingerprint density at radius 1 is 1.26 bits per heavy atom. The van der Waals surface area contributed by atoms with Gasteiger partial charge in [0.05, 0.1) is 13.1 Å². The molecule has 0 bridgehead atoms. The molecular weight excluding hydrogens is 236 g/mol. The Morgan fingerprint density at radius 2 is 2.11 bits per heavy atom. The average Bonchev–Trinajstić information content (AvgIpc) is 2.73. The molecule has 0 aliphatic heterocycles. The number of phenols is 1. The Kier molecular flexibility index (Phi) is 4.13. The molecule has 1 aromatic carbocycles. The SMILES string of the molecule is C#CCNCCc1cn(CC#C)c2ccc(O)cc12. The van der Waals surface area contributed by atoms with E-state index in [1.54, 1.807) is 12.1 Å². The lowest BCUT2D eigenvalue weighted by atomic mass is 10.1. The molecular formula is C16H16N2O. The smallest absolute Gasteiger partial charge is 0.116 e. The first-order chi connectivity index (χ1) is 9.26. The summed E-state index contributed by atoms with van der Waals surface area (Å²) < 4.78 is 2.02. The third-order valence-electron chi connectivity index (χ3n) is 3.01. The van der Waals surface area contributed by atoms with Crippen molar-refractivity contribution in [1.29, 1.82) is 0 Å². The van der Waals surface area contributed by atoms with Crippen molar-refractivity contribution in [2.75, 3.05) is 13.1 Å². The Balaban J connectivity index is 2.29. The van der Waals surface area contributed by atoms with Gasteiger partial charge in [-0.05, 0) is 30.2 Å². The number of hydrogen-bond donors (Lipinski definition) is 2. The second-order valence-corrected chi connectivity index (χ2v) is 4.32. The van der Waals surface area contributed by atoms with Gasteiger partial charge in [0, 0.05) is 23.6 Å². The molecule has 0 saturated carbocycles.